The Balaban J connectivity index is 1.75. The van der Waals surface area contributed by atoms with Crippen molar-refractivity contribution in [2.24, 2.45) is 0 Å². The first kappa shape index (κ1) is 21.0. The van der Waals surface area contributed by atoms with Gasteiger partial charge in [0.25, 0.3) is 0 Å². The summed E-state index contributed by atoms with van der Waals surface area (Å²) < 4.78 is 18.9. The Morgan fingerprint density at radius 2 is 1.90 bits per heavy atom. The summed E-state index contributed by atoms with van der Waals surface area (Å²) in [7, 11) is 0. The number of anilines is 1. The number of ether oxygens (including phenoxy) is 1. The van der Waals surface area contributed by atoms with E-state index in [0.717, 1.165) is 17.5 Å². The second-order valence-electron chi connectivity index (χ2n) is 7.05. The lowest BCUT2D eigenvalue weighted by atomic mass is 9.98. The maximum atomic E-state index is 13.2. The standard InChI is InChI=1S/C22H25FN2O4/c1-2-3-20(27)24-18-10-6-16(7-11-18)22-19(13-26)25(21(28)14-29-22)12-15-4-8-17(23)9-5-15/h4-11,19,22,26H,2-3,12-14H2,1H3,(H,24,27). The number of nitrogens with one attached hydrogen (secondary N) is 1. The number of hydrogen-bond acceptors (Lipinski definition) is 4. The van der Waals surface area contributed by atoms with Gasteiger partial charge in [-0.2, -0.15) is 0 Å². The minimum Gasteiger partial charge on any atom is -0.394 e. The topological polar surface area (TPSA) is 78.9 Å². The van der Waals surface area contributed by atoms with Crippen molar-refractivity contribution < 1.29 is 23.8 Å². The maximum Gasteiger partial charge on any atom is 0.249 e. The molecule has 1 aliphatic heterocycles. The predicted octanol–water partition coefficient (Wildman–Crippen LogP) is 3.03. The minimum atomic E-state index is -0.568. The fourth-order valence-electron chi connectivity index (χ4n) is 3.41. The van der Waals surface area contributed by atoms with Crippen LogP contribution in [0.4, 0.5) is 10.1 Å². The highest BCUT2D eigenvalue weighted by Crippen LogP contribution is 2.31. The molecule has 1 heterocycles. The lowest BCUT2D eigenvalue weighted by Gasteiger charge is -2.40. The molecule has 1 fully saturated rings. The third-order valence-corrected chi connectivity index (χ3v) is 4.91. The van der Waals surface area contributed by atoms with Gasteiger partial charge in [-0.3, -0.25) is 9.59 Å². The van der Waals surface area contributed by atoms with Crippen LogP contribution in [0.15, 0.2) is 48.5 Å². The number of aliphatic hydroxyl groups excluding tert-OH is 1. The third-order valence-electron chi connectivity index (χ3n) is 4.91. The highest BCUT2D eigenvalue weighted by molar-refractivity contribution is 5.90. The molecule has 6 nitrogen and oxygen atoms in total. The molecule has 2 aromatic carbocycles. The molecule has 2 amide bonds. The fourth-order valence-corrected chi connectivity index (χ4v) is 3.41. The van der Waals surface area contributed by atoms with Crippen molar-refractivity contribution in [2.75, 3.05) is 18.5 Å². The summed E-state index contributed by atoms with van der Waals surface area (Å²) in [6.07, 6.45) is 0.731. The number of amides is 2. The van der Waals surface area contributed by atoms with Crippen molar-refractivity contribution in [3.05, 3.63) is 65.5 Å². The van der Waals surface area contributed by atoms with Crippen molar-refractivity contribution in [1.29, 1.82) is 0 Å². The Morgan fingerprint density at radius 1 is 1.21 bits per heavy atom. The summed E-state index contributed by atoms with van der Waals surface area (Å²) in [5.41, 5.74) is 2.25. The molecular formula is C22H25FN2O4. The molecule has 0 spiro atoms. The van der Waals surface area contributed by atoms with Crippen molar-refractivity contribution in [2.45, 2.75) is 38.5 Å². The minimum absolute atomic E-state index is 0.0431. The largest absolute Gasteiger partial charge is 0.394 e. The first-order chi connectivity index (χ1) is 14.0. The predicted molar refractivity (Wildman–Crippen MR) is 106 cm³/mol. The highest BCUT2D eigenvalue weighted by Gasteiger charge is 2.37. The number of carbonyl (C=O) groups excluding carboxylic acids is 2. The molecule has 0 aromatic heterocycles. The van der Waals surface area contributed by atoms with Gasteiger partial charge < -0.3 is 20.1 Å². The molecule has 7 heteroatoms. The zero-order valence-corrected chi connectivity index (χ0v) is 16.3. The van der Waals surface area contributed by atoms with Gasteiger partial charge in [0, 0.05) is 18.7 Å². The Kier molecular flexibility index (Phi) is 6.95. The number of halogens is 1. The molecule has 154 valence electrons. The molecule has 0 radical (unpaired) electrons. The van der Waals surface area contributed by atoms with E-state index in [2.05, 4.69) is 5.32 Å². The van der Waals surface area contributed by atoms with E-state index in [-0.39, 0.29) is 37.4 Å². The van der Waals surface area contributed by atoms with E-state index in [1.165, 1.54) is 12.1 Å². The summed E-state index contributed by atoms with van der Waals surface area (Å²) in [5.74, 6) is -0.615. The first-order valence-electron chi connectivity index (χ1n) is 9.68. The molecule has 2 aromatic rings. The Bertz CT molecular complexity index is 839. The summed E-state index contributed by atoms with van der Waals surface area (Å²) in [5, 5.41) is 12.8. The van der Waals surface area contributed by atoms with Crippen LogP contribution >= 0.6 is 0 Å². The second-order valence-corrected chi connectivity index (χ2v) is 7.05. The molecule has 0 saturated carbocycles. The lowest BCUT2D eigenvalue weighted by Crippen LogP contribution is -2.52. The van der Waals surface area contributed by atoms with Crippen LogP contribution in [-0.2, 0) is 20.9 Å². The van der Waals surface area contributed by atoms with Crippen molar-refractivity contribution >= 4 is 17.5 Å². The SMILES string of the molecule is CCCC(=O)Nc1ccc(C2OCC(=O)N(Cc3ccc(F)cc3)C2CO)cc1. The lowest BCUT2D eigenvalue weighted by molar-refractivity contribution is -0.162. The van der Waals surface area contributed by atoms with E-state index < -0.39 is 12.1 Å². The molecule has 1 saturated heterocycles. The summed E-state index contributed by atoms with van der Waals surface area (Å²) >= 11 is 0. The van der Waals surface area contributed by atoms with Crippen LogP contribution in [0.3, 0.4) is 0 Å². The molecule has 0 aliphatic carbocycles. The Morgan fingerprint density at radius 3 is 2.52 bits per heavy atom. The van der Waals surface area contributed by atoms with Gasteiger partial charge in [0.1, 0.15) is 18.5 Å². The zero-order valence-electron chi connectivity index (χ0n) is 16.3. The van der Waals surface area contributed by atoms with Gasteiger partial charge >= 0.3 is 0 Å². The Labute approximate surface area is 169 Å². The van der Waals surface area contributed by atoms with Crippen LogP contribution in [0.1, 0.15) is 37.0 Å². The Hall–Kier alpha value is -2.77. The molecule has 29 heavy (non-hydrogen) atoms. The zero-order chi connectivity index (χ0) is 20.8. The molecule has 2 unspecified atom stereocenters. The monoisotopic (exact) mass is 400 g/mol. The van der Waals surface area contributed by atoms with Gasteiger partial charge in [-0.25, -0.2) is 4.39 Å². The smallest absolute Gasteiger partial charge is 0.249 e. The number of nitrogens with zero attached hydrogens (tertiary/aromatic N) is 1. The van der Waals surface area contributed by atoms with Crippen molar-refractivity contribution in [1.82, 2.24) is 4.90 Å². The second kappa shape index (κ2) is 9.62. The van der Waals surface area contributed by atoms with Crippen LogP contribution in [-0.4, -0.2) is 41.1 Å². The van der Waals surface area contributed by atoms with Gasteiger partial charge in [0.15, 0.2) is 0 Å². The summed E-state index contributed by atoms with van der Waals surface area (Å²) in [4.78, 5) is 25.7. The number of hydrogen-bond donors (Lipinski definition) is 2. The average Bonchev–Trinajstić information content (AvgIpc) is 2.72. The van der Waals surface area contributed by atoms with E-state index in [9.17, 15) is 19.1 Å². The summed E-state index contributed by atoms with van der Waals surface area (Å²) in [6.45, 7) is 1.83. The van der Waals surface area contributed by atoms with E-state index in [1.54, 1.807) is 29.2 Å². The molecule has 3 rings (SSSR count). The number of carbonyl (C=O) groups is 2. The first-order valence-corrected chi connectivity index (χ1v) is 9.68. The van der Waals surface area contributed by atoms with Gasteiger partial charge in [-0.15, -0.1) is 0 Å². The number of benzene rings is 2. The van der Waals surface area contributed by atoms with Crippen LogP contribution in [0.5, 0.6) is 0 Å². The highest BCUT2D eigenvalue weighted by atomic mass is 19.1. The molecule has 0 bridgehead atoms. The van der Waals surface area contributed by atoms with E-state index in [4.69, 9.17) is 4.74 Å². The quantitative estimate of drug-likeness (QED) is 0.749. The van der Waals surface area contributed by atoms with Gasteiger partial charge in [-0.05, 0) is 41.8 Å². The van der Waals surface area contributed by atoms with Gasteiger partial charge in [0.2, 0.25) is 11.8 Å². The fraction of sp³-hybridized carbons (Fsp3) is 0.364. The van der Waals surface area contributed by atoms with E-state index in [1.807, 2.05) is 19.1 Å². The van der Waals surface area contributed by atoms with Crippen molar-refractivity contribution in [3.63, 3.8) is 0 Å². The van der Waals surface area contributed by atoms with Gasteiger partial charge in [0.05, 0.1) is 12.6 Å². The van der Waals surface area contributed by atoms with E-state index >= 15 is 0 Å². The third kappa shape index (κ3) is 5.19. The molecular weight excluding hydrogens is 375 g/mol. The van der Waals surface area contributed by atoms with Crippen LogP contribution < -0.4 is 5.32 Å². The maximum absolute atomic E-state index is 13.2. The van der Waals surface area contributed by atoms with Crippen LogP contribution in [0, 0.1) is 5.82 Å². The van der Waals surface area contributed by atoms with Crippen LogP contribution in [0.25, 0.3) is 0 Å². The molecule has 1 aliphatic rings. The average molecular weight is 400 g/mol. The number of rotatable bonds is 7. The number of morpholine rings is 1. The number of aliphatic hydroxyl groups is 1. The van der Waals surface area contributed by atoms with Gasteiger partial charge in [-0.1, -0.05) is 31.2 Å². The van der Waals surface area contributed by atoms with Crippen molar-refractivity contribution in [3.8, 4) is 0 Å². The normalized spacial score (nSPS) is 19.3. The van der Waals surface area contributed by atoms with E-state index in [0.29, 0.717) is 12.1 Å². The molecule has 2 N–H and O–H groups in total. The summed E-state index contributed by atoms with van der Waals surface area (Å²) in [6, 6.07) is 12.6. The van der Waals surface area contributed by atoms with Crippen LogP contribution in [0.2, 0.25) is 0 Å². The molecule has 2 atom stereocenters.